The van der Waals surface area contributed by atoms with Gasteiger partial charge in [0.05, 0.1) is 52.8 Å². The van der Waals surface area contributed by atoms with Gasteiger partial charge in [-0.2, -0.15) is 5.10 Å². The van der Waals surface area contributed by atoms with Crippen molar-refractivity contribution in [3.8, 4) is 17.1 Å². The summed E-state index contributed by atoms with van der Waals surface area (Å²) in [4.78, 5) is 21.0. The van der Waals surface area contributed by atoms with Gasteiger partial charge in [0, 0.05) is 23.8 Å². The van der Waals surface area contributed by atoms with Crippen molar-refractivity contribution >= 4 is 50.5 Å². The molecule has 0 aliphatic carbocycles. The maximum atomic E-state index is 12.0. The van der Waals surface area contributed by atoms with Crippen LogP contribution in [-0.4, -0.2) is 44.0 Å². The molecule has 0 radical (unpaired) electrons. The van der Waals surface area contributed by atoms with Gasteiger partial charge in [0.25, 0.3) is 0 Å². The Kier molecular flexibility index (Phi) is 7.85. The molecule has 0 saturated carbocycles. The monoisotopic (exact) mass is 574 g/mol. The zero-order valence-electron chi connectivity index (χ0n) is 20.6. The number of anilines is 1. The average Bonchev–Trinajstić information content (AvgIpc) is 3.35. The maximum Gasteiger partial charge on any atom is 0.337 e. The van der Waals surface area contributed by atoms with E-state index in [2.05, 4.69) is 37.9 Å². The molecule has 1 atom stereocenters. The zero-order chi connectivity index (χ0) is 26.0. The molecule has 3 aromatic heterocycles. The predicted molar refractivity (Wildman–Crippen MR) is 143 cm³/mol. The highest BCUT2D eigenvalue weighted by Gasteiger charge is 2.18. The molecule has 0 amide bonds. The molecule has 0 unspecified atom stereocenters. The number of esters is 1. The summed E-state index contributed by atoms with van der Waals surface area (Å²) >= 11 is 9.68. The van der Waals surface area contributed by atoms with Crippen LogP contribution >= 0.6 is 27.5 Å². The number of carbonyl (C=O) groups is 1. The van der Waals surface area contributed by atoms with Crippen molar-refractivity contribution in [2.45, 2.75) is 33.2 Å². The van der Waals surface area contributed by atoms with Crippen LogP contribution in [0.3, 0.4) is 0 Å². The standard InChI is InChI=1S/C25H28BrClN6O3/c1-14(13-33-22-10-18(26)19(27)11-21(22)31-25(33)28)6-5-7-36-23-17(12-29-32(23)3)20-9-16(24(34)35-4)8-15(2)30-20/h8-12,14H,5-7,13H2,1-4H3,(H2,28,31)/t14-/m1/s1. The first-order valence-corrected chi connectivity index (χ1v) is 12.7. The first-order chi connectivity index (χ1) is 17.2. The van der Waals surface area contributed by atoms with Gasteiger partial charge in [-0.05, 0) is 65.9 Å². The van der Waals surface area contributed by atoms with Crippen molar-refractivity contribution in [3.63, 3.8) is 0 Å². The first kappa shape index (κ1) is 26.0. The SMILES string of the molecule is COC(=O)c1cc(C)nc(-c2cnn(C)c2OCCC[C@@H](C)Cn2c(N)nc3cc(Cl)c(Br)cc32)c1. The molecular formula is C25H28BrClN6O3. The lowest BCUT2D eigenvalue weighted by Crippen LogP contribution is -2.12. The van der Waals surface area contributed by atoms with Gasteiger partial charge >= 0.3 is 5.97 Å². The molecule has 3 heterocycles. The Balaban J connectivity index is 1.40. The van der Waals surface area contributed by atoms with Crippen LogP contribution in [0.2, 0.25) is 5.02 Å². The molecule has 9 nitrogen and oxygen atoms in total. The molecule has 190 valence electrons. The number of hydrogen-bond donors (Lipinski definition) is 1. The Labute approximate surface area is 222 Å². The average molecular weight is 576 g/mol. The maximum absolute atomic E-state index is 12.0. The van der Waals surface area contributed by atoms with Crippen LogP contribution < -0.4 is 10.5 Å². The Morgan fingerprint density at radius 3 is 2.78 bits per heavy atom. The predicted octanol–water partition coefficient (Wildman–Crippen LogP) is 5.42. The lowest BCUT2D eigenvalue weighted by molar-refractivity contribution is 0.0600. The normalized spacial score (nSPS) is 12.2. The largest absolute Gasteiger partial charge is 0.477 e. The number of fused-ring (bicyclic) bond motifs is 1. The number of benzene rings is 1. The molecule has 11 heteroatoms. The fourth-order valence-corrected chi connectivity index (χ4v) is 4.64. The third-order valence-corrected chi connectivity index (χ3v) is 7.13. The van der Waals surface area contributed by atoms with Gasteiger partial charge in [-0.25, -0.2) is 14.5 Å². The fourth-order valence-electron chi connectivity index (χ4n) is 4.15. The van der Waals surface area contributed by atoms with E-state index in [1.165, 1.54) is 7.11 Å². The summed E-state index contributed by atoms with van der Waals surface area (Å²) in [6, 6.07) is 7.15. The summed E-state index contributed by atoms with van der Waals surface area (Å²) in [5.74, 6) is 1.00. The molecule has 36 heavy (non-hydrogen) atoms. The third kappa shape index (κ3) is 5.49. The van der Waals surface area contributed by atoms with Crippen molar-refractivity contribution in [1.29, 1.82) is 0 Å². The molecule has 0 spiro atoms. The Morgan fingerprint density at radius 1 is 1.25 bits per heavy atom. The lowest BCUT2D eigenvalue weighted by Gasteiger charge is -2.15. The van der Waals surface area contributed by atoms with E-state index in [0.717, 1.165) is 40.5 Å². The summed E-state index contributed by atoms with van der Waals surface area (Å²) < 4.78 is 15.5. The molecule has 4 rings (SSSR count). The molecular weight excluding hydrogens is 548 g/mol. The highest BCUT2D eigenvalue weighted by Crippen LogP contribution is 2.31. The van der Waals surface area contributed by atoms with Crippen LogP contribution in [-0.2, 0) is 18.3 Å². The van der Waals surface area contributed by atoms with E-state index in [1.807, 2.05) is 30.7 Å². The number of nitrogens with two attached hydrogens (primary N) is 1. The van der Waals surface area contributed by atoms with E-state index in [9.17, 15) is 4.79 Å². The molecule has 0 bridgehead atoms. The smallest absolute Gasteiger partial charge is 0.337 e. The number of halogens is 2. The van der Waals surface area contributed by atoms with Crippen LogP contribution in [0.15, 0.2) is 34.9 Å². The van der Waals surface area contributed by atoms with Crippen LogP contribution in [0.4, 0.5) is 5.95 Å². The molecule has 0 fully saturated rings. The quantitative estimate of drug-likeness (QED) is 0.210. The minimum absolute atomic E-state index is 0.342. The number of aromatic nitrogens is 5. The summed E-state index contributed by atoms with van der Waals surface area (Å²) in [6.07, 6.45) is 3.46. The second kappa shape index (κ2) is 10.9. The summed E-state index contributed by atoms with van der Waals surface area (Å²) in [6.45, 7) is 5.25. The molecule has 0 aliphatic heterocycles. The van der Waals surface area contributed by atoms with Gasteiger partial charge in [0.15, 0.2) is 0 Å². The molecule has 2 N–H and O–H groups in total. The Bertz CT molecular complexity index is 1420. The fraction of sp³-hybridized carbons (Fsp3) is 0.360. The highest BCUT2D eigenvalue weighted by atomic mass is 79.9. The number of imidazole rings is 1. The van der Waals surface area contributed by atoms with E-state index >= 15 is 0 Å². The first-order valence-electron chi connectivity index (χ1n) is 11.5. The minimum atomic E-state index is -0.413. The number of methoxy groups -OCH3 is 1. The number of ether oxygens (including phenoxy) is 2. The molecule has 4 aromatic rings. The van der Waals surface area contributed by atoms with Gasteiger partial charge < -0.3 is 19.8 Å². The topological polar surface area (TPSA) is 110 Å². The van der Waals surface area contributed by atoms with Gasteiger partial charge in [-0.3, -0.25) is 4.98 Å². The van der Waals surface area contributed by atoms with E-state index in [4.69, 9.17) is 26.8 Å². The van der Waals surface area contributed by atoms with Crippen molar-refractivity contribution in [2.24, 2.45) is 13.0 Å². The second-order valence-electron chi connectivity index (χ2n) is 8.79. The molecule has 0 aliphatic rings. The minimum Gasteiger partial charge on any atom is -0.477 e. The Morgan fingerprint density at radius 2 is 2.03 bits per heavy atom. The zero-order valence-corrected chi connectivity index (χ0v) is 22.9. The van der Waals surface area contributed by atoms with E-state index in [-0.39, 0.29) is 0 Å². The summed E-state index contributed by atoms with van der Waals surface area (Å²) in [5.41, 5.74) is 10.4. The lowest BCUT2D eigenvalue weighted by atomic mass is 10.1. The number of nitrogen functional groups attached to an aromatic ring is 1. The van der Waals surface area contributed by atoms with Gasteiger partial charge in [0.1, 0.15) is 0 Å². The number of hydrogen-bond acceptors (Lipinski definition) is 7. The Hall–Kier alpha value is -3.11. The van der Waals surface area contributed by atoms with Crippen LogP contribution in [0.25, 0.3) is 22.3 Å². The number of pyridine rings is 1. The van der Waals surface area contributed by atoms with Gasteiger partial charge in [-0.1, -0.05) is 18.5 Å². The van der Waals surface area contributed by atoms with E-state index < -0.39 is 5.97 Å². The number of nitrogens with zero attached hydrogens (tertiary/aromatic N) is 5. The van der Waals surface area contributed by atoms with Gasteiger partial charge in [-0.15, -0.1) is 0 Å². The molecule has 0 saturated heterocycles. The summed E-state index contributed by atoms with van der Waals surface area (Å²) in [5, 5.41) is 4.94. The van der Waals surface area contributed by atoms with Gasteiger partial charge in [0.2, 0.25) is 11.8 Å². The van der Waals surface area contributed by atoms with Crippen LogP contribution in [0.1, 0.15) is 35.8 Å². The van der Waals surface area contributed by atoms with Crippen molar-refractivity contribution in [1.82, 2.24) is 24.3 Å². The van der Waals surface area contributed by atoms with Crippen molar-refractivity contribution in [2.75, 3.05) is 19.5 Å². The van der Waals surface area contributed by atoms with Crippen molar-refractivity contribution < 1.29 is 14.3 Å². The van der Waals surface area contributed by atoms with Crippen LogP contribution in [0, 0.1) is 12.8 Å². The number of aryl methyl sites for hydroxylation is 2. The highest BCUT2D eigenvalue weighted by molar-refractivity contribution is 9.10. The van der Waals surface area contributed by atoms with Crippen molar-refractivity contribution in [3.05, 3.63) is 51.2 Å². The van der Waals surface area contributed by atoms with E-state index in [0.29, 0.717) is 46.3 Å². The van der Waals surface area contributed by atoms with E-state index in [1.54, 1.807) is 23.0 Å². The second-order valence-corrected chi connectivity index (χ2v) is 10.1. The third-order valence-electron chi connectivity index (χ3n) is 5.93. The number of rotatable bonds is 9. The van der Waals surface area contributed by atoms with Crippen LogP contribution in [0.5, 0.6) is 5.88 Å². The number of carbonyl (C=O) groups excluding carboxylic acids is 1. The molecule has 1 aromatic carbocycles. The summed E-state index contributed by atoms with van der Waals surface area (Å²) in [7, 11) is 3.17.